The summed E-state index contributed by atoms with van der Waals surface area (Å²) < 4.78 is 39.6. The van der Waals surface area contributed by atoms with Gasteiger partial charge in [-0.25, -0.2) is 0 Å². The number of amides is 3. The molecule has 4 saturated heterocycles. The highest BCUT2D eigenvalue weighted by atomic mass is 19.4. The summed E-state index contributed by atoms with van der Waals surface area (Å²) in [5.74, 6) is -5.04. The number of hydrogen-bond acceptors (Lipinski definition) is 7. The molecule has 1 aromatic carbocycles. The number of hydrogen-bond donors (Lipinski definition) is 8. The van der Waals surface area contributed by atoms with E-state index < -0.39 is 65.5 Å². The maximum absolute atomic E-state index is 13.2. The minimum absolute atomic E-state index is 0.0376. The molecule has 0 aliphatic carbocycles. The molecule has 0 bridgehead atoms. The molecule has 1 spiro atoms. The average molecular weight is 553 g/mol. The van der Waals surface area contributed by atoms with Crippen molar-refractivity contribution in [3.05, 3.63) is 34.9 Å². The van der Waals surface area contributed by atoms with Crippen LogP contribution >= 0.6 is 0 Å². The highest BCUT2D eigenvalue weighted by molar-refractivity contribution is 6.02. The van der Waals surface area contributed by atoms with Gasteiger partial charge in [-0.05, 0) is 24.6 Å². The zero-order valence-electron chi connectivity index (χ0n) is 20.6. The van der Waals surface area contributed by atoms with E-state index in [0.717, 1.165) is 17.0 Å². The third-order valence-corrected chi connectivity index (χ3v) is 7.60. The molecule has 5 rings (SSSR count). The molecule has 8 N–H and O–H groups in total. The van der Waals surface area contributed by atoms with Crippen molar-refractivity contribution in [2.45, 2.75) is 61.9 Å². The largest absolute Gasteiger partial charge is 0.416 e. The smallest absolute Gasteiger partial charge is 0.361 e. The third kappa shape index (κ3) is 4.23. The van der Waals surface area contributed by atoms with Crippen LogP contribution in [0.25, 0.3) is 0 Å². The first-order chi connectivity index (χ1) is 18.1. The number of guanidine groups is 2. The van der Waals surface area contributed by atoms with E-state index in [9.17, 15) is 37.8 Å². The van der Waals surface area contributed by atoms with E-state index in [-0.39, 0.29) is 43.4 Å². The lowest BCUT2D eigenvalue weighted by molar-refractivity contribution is -0.233. The molecule has 4 aliphatic heterocycles. The Morgan fingerprint density at radius 2 is 1.82 bits per heavy atom. The number of alkyl halides is 3. The molecule has 0 saturated carbocycles. The number of aliphatic hydroxyl groups is 2. The zero-order valence-corrected chi connectivity index (χ0v) is 20.6. The molecular formula is C23H27F3N8O5. The van der Waals surface area contributed by atoms with Gasteiger partial charge in [0.05, 0.1) is 30.6 Å². The molecule has 3 amide bonds. The van der Waals surface area contributed by atoms with Crippen LogP contribution in [0.3, 0.4) is 0 Å². The highest BCUT2D eigenvalue weighted by Crippen LogP contribution is 2.43. The monoisotopic (exact) mass is 552 g/mol. The lowest BCUT2D eigenvalue weighted by Crippen LogP contribution is -2.81. The summed E-state index contributed by atoms with van der Waals surface area (Å²) >= 11 is 0. The Hall–Kier alpha value is -3.92. The lowest BCUT2D eigenvalue weighted by atomic mass is 9.84. The van der Waals surface area contributed by atoms with Crippen LogP contribution in [0, 0.1) is 17.7 Å². The second kappa shape index (κ2) is 8.81. The lowest BCUT2D eigenvalue weighted by Gasteiger charge is -2.51. The van der Waals surface area contributed by atoms with Gasteiger partial charge in [0.2, 0.25) is 23.5 Å². The van der Waals surface area contributed by atoms with E-state index >= 15 is 0 Å². The van der Waals surface area contributed by atoms with Crippen molar-refractivity contribution in [2.24, 2.45) is 0 Å². The number of nitrogens with zero attached hydrogens (tertiary/aromatic N) is 2. The highest BCUT2D eigenvalue weighted by Gasteiger charge is 2.74. The van der Waals surface area contributed by atoms with Gasteiger partial charge in [-0.1, -0.05) is 11.6 Å². The minimum Gasteiger partial charge on any atom is -0.361 e. The van der Waals surface area contributed by atoms with Crippen LogP contribution in [-0.4, -0.2) is 92.3 Å². The summed E-state index contributed by atoms with van der Waals surface area (Å²) in [6.45, 7) is 0.951. The summed E-state index contributed by atoms with van der Waals surface area (Å²) in [7, 11) is 0. The number of imide groups is 1. The van der Waals surface area contributed by atoms with Gasteiger partial charge in [0.1, 0.15) is 6.04 Å². The standard InChI is InChI=1S/C23H27F3N8O5/c1-10-4-11(6-12(5-10)23(24,25)26)7-15(35)30-14-9-34-20(28)29-13(8-33-16(36)2-3-17(33)37)18-21(34,22(14,38)39)32-19(27)31-18/h4-6,13-14,18,38-39H,2-3,7-9H2,1H3,(H2,28,29)(H,30,35)(H3,27,31,32)/t13?,14?,18-,21-/m0/s1. The van der Waals surface area contributed by atoms with Gasteiger partial charge in [-0.2, -0.15) is 13.2 Å². The predicted octanol–water partition coefficient (Wildman–Crippen LogP) is -1.71. The summed E-state index contributed by atoms with van der Waals surface area (Å²) in [5.41, 5.74) is -2.49. The Balaban J connectivity index is 1.39. The molecule has 16 heteroatoms. The molecule has 13 nitrogen and oxygen atoms in total. The van der Waals surface area contributed by atoms with Crippen LogP contribution in [0.1, 0.15) is 29.5 Å². The second-order valence-corrected chi connectivity index (χ2v) is 10.2. The van der Waals surface area contributed by atoms with E-state index in [1.165, 1.54) is 17.9 Å². The SMILES string of the molecule is Cc1cc(CC(=O)NC2CN3C(=N)NC(CN4C(=O)CCC4=O)[C@@H]4NC(=N)N[C@@]43C2(O)O)cc(C(F)(F)F)c1. The van der Waals surface area contributed by atoms with Gasteiger partial charge in [-0.15, -0.1) is 0 Å². The van der Waals surface area contributed by atoms with Crippen molar-refractivity contribution in [2.75, 3.05) is 13.1 Å². The normalized spacial score (nSPS) is 29.5. The van der Waals surface area contributed by atoms with Gasteiger partial charge in [0.15, 0.2) is 17.6 Å². The van der Waals surface area contributed by atoms with Crippen LogP contribution in [0.15, 0.2) is 18.2 Å². The van der Waals surface area contributed by atoms with Crippen molar-refractivity contribution in [1.29, 1.82) is 10.8 Å². The van der Waals surface area contributed by atoms with Gasteiger partial charge in [0.25, 0.3) is 0 Å². The van der Waals surface area contributed by atoms with Crippen molar-refractivity contribution in [1.82, 2.24) is 31.1 Å². The molecule has 4 aliphatic rings. The topological polar surface area (TPSA) is 194 Å². The van der Waals surface area contributed by atoms with E-state index in [0.29, 0.717) is 5.56 Å². The Labute approximate surface area is 219 Å². The maximum atomic E-state index is 13.2. The Morgan fingerprint density at radius 1 is 1.15 bits per heavy atom. The number of carbonyl (C=O) groups excluding carboxylic acids is 3. The molecule has 39 heavy (non-hydrogen) atoms. The van der Waals surface area contributed by atoms with Gasteiger partial charge >= 0.3 is 6.18 Å². The third-order valence-electron chi connectivity index (χ3n) is 7.60. The van der Waals surface area contributed by atoms with Gasteiger partial charge < -0.3 is 36.4 Å². The van der Waals surface area contributed by atoms with Crippen molar-refractivity contribution in [3.63, 3.8) is 0 Å². The number of carbonyl (C=O) groups is 3. The van der Waals surface area contributed by atoms with Crippen LogP contribution in [-0.2, 0) is 27.0 Å². The zero-order chi connectivity index (χ0) is 28.5. The molecule has 0 radical (unpaired) electrons. The molecule has 2 unspecified atom stereocenters. The summed E-state index contributed by atoms with van der Waals surface area (Å²) in [6, 6.07) is -0.176. The Bertz CT molecular complexity index is 1270. The number of likely N-dealkylation sites (tertiary alicyclic amines) is 1. The number of rotatable bonds is 5. The van der Waals surface area contributed by atoms with Crippen LogP contribution in [0.5, 0.6) is 0 Å². The fraction of sp³-hybridized carbons (Fsp3) is 0.522. The average Bonchev–Trinajstić information content (AvgIpc) is 3.41. The number of benzene rings is 1. The fourth-order valence-corrected chi connectivity index (χ4v) is 5.91. The maximum Gasteiger partial charge on any atom is 0.416 e. The van der Waals surface area contributed by atoms with Crippen molar-refractivity contribution >= 4 is 29.6 Å². The van der Waals surface area contributed by atoms with E-state index in [1.54, 1.807) is 0 Å². The Kier molecular flexibility index (Phi) is 6.02. The molecule has 4 atom stereocenters. The summed E-state index contributed by atoms with van der Waals surface area (Å²) in [6.07, 6.45) is -5.01. The fourth-order valence-electron chi connectivity index (χ4n) is 5.91. The van der Waals surface area contributed by atoms with E-state index in [1.807, 2.05) is 0 Å². The minimum atomic E-state index is -4.61. The first-order valence-corrected chi connectivity index (χ1v) is 12.1. The summed E-state index contributed by atoms with van der Waals surface area (Å²) in [5, 5.41) is 50.2. The first kappa shape index (κ1) is 26.7. The van der Waals surface area contributed by atoms with Gasteiger partial charge in [-0.3, -0.25) is 30.1 Å². The van der Waals surface area contributed by atoms with E-state index in [4.69, 9.17) is 10.8 Å². The quantitative estimate of drug-likeness (QED) is 0.155. The predicted molar refractivity (Wildman–Crippen MR) is 127 cm³/mol. The van der Waals surface area contributed by atoms with Gasteiger partial charge in [0, 0.05) is 19.4 Å². The van der Waals surface area contributed by atoms with E-state index in [2.05, 4.69) is 21.3 Å². The Morgan fingerprint density at radius 3 is 2.46 bits per heavy atom. The first-order valence-electron chi connectivity index (χ1n) is 12.1. The van der Waals surface area contributed by atoms with Crippen LogP contribution in [0.2, 0.25) is 0 Å². The molecular weight excluding hydrogens is 525 g/mol. The summed E-state index contributed by atoms with van der Waals surface area (Å²) in [4.78, 5) is 39.5. The number of nitrogens with one attached hydrogen (secondary N) is 6. The van der Waals surface area contributed by atoms with Crippen molar-refractivity contribution < 1.29 is 37.8 Å². The number of aryl methyl sites for hydroxylation is 1. The molecule has 210 valence electrons. The molecule has 4 fully saturated rings. The van der Waals surface area contributed by atoms with Crippen molar-refractivity contribution in [3.8, 4) is 0 Å². The van der Waals surface area contributed by atoms with Crippen LogP contribution < -0.4 is 21.3 Å². The second-order valence-electron chi connectivity index (χ2n) is 10.2. The van der Waals surface area contributed by atoms with Crippen LogP contribution in [0.4, 0.5) is 13.2 Å². The molecule has 4 heterocycles. The molecule has 0 aromatic heterocycles. The number of halogens is 3. The molecule has 1 aromatic rings.